The number of hydrogen-bond acceptors (Lipinski definition) is 5. The highest BCUT2D eigenvalue weighted by Crippen LogP contribution is 2.30. The second-order valence-corrected chi connectivity index (χ2v) is 11.1. The summed E-state index contributed by atoms with van der Waals surface area (Å²) in [5.41, 5.74) is 6.27. The van der Waals surface area contributed by atoms with Crippen LogP contribution in [0.5, 0.6) is 5.75 Å². The fourth-order valence-electron chi connectivity index (χ4n) is 3.73. The SMILES string of the molecule is Cc1ccc(COc2ccc(/C=N\NC(=O)CN(c3cccc(Cl)c3C)S(=O)(=O)c3ccccc3)cc2)cc1. The molecule has 7 nitrogen and oxygen atoms in total. The molecule has 0 aliphatic heterocycles. The molecule has 4 rings (SSSR count). The Labute approximate surface area is 233 Å². The van der Waals surface area contributed by atoms with Gasteiger partial charge in [-0.1, -0.05) is 65.7 Å². The van der Waals surface area contributed by atoms with Gasteiger partial charge in [-0.25, -0.2) is 13.8 Å². The maximum Gasteiger partial charge on any atom is 0.264 e. The summed E-state index contributed by atoms with van der Waals surface area (Å²) in [7, 11) is -4.05. The van der Waals surface area contributed by atoms with Gasteiger partial charge in [-0.2, -0.15) is 5.10 Å². The van der Waals surface area contributed by atoms with E-state index in [2.05, 4.69) is 10.5 Å². The van der Waals surface area contributed by atoms with Gasteiger partial charge in [0.1, 0.15) is 18.9 Å². The summed E-state index contributed by atoms with van der Waals surface area (Å²) in [6.07, 6.45) is 1.47. The summed E-state index contributed by atoms with van der Waals surface area (Å²) < 4.78 is 33.8. The number of nitrogens with zero attached hydrogens (tertiary/aromatic N) is 2. The molecule has 0 bridgehead atoms. The molecule has 0 spiro atoms. The fraction of sp³-hybridized carbons (Fsp3) is 0.133. The van der Waals surface area contributed by atoms with Crippen molar-refractivity contribution in [2.24, 2.45) is 5.10 Å². The number of aryl methyl sites for hydroxylation is 1. The van der Waals surface area contributed by atoms with Crippen LogP contribution in [-0.2, 0) is 21.4 Å². The summed E-state index contributed by atoms with van der Waals surface area (Å²) in [5.74, 6) is 0.0959. The predicted molar refractivity (Wildman–Crippen MR) is 155 cm³/mol. The van der Waals surface area contributed by atoms with E-state index in [0.29, 0.717) is 28.6 Å². The highest BCUT2D eigenvalue weighted by Gasteiger charge is 2.28. The maximum atomic E-state index is 13.5. The van der Waals surface area contributed by atoms with E-state index < -0.39 is 22.5 Å². The summed E-state index contributed by atoms with van der Waals surface area (Å²) >= 11 is 6.26. The molecule has 39 heavy (non-hydrogen) atoms. The predicted octanol–water partition coefficient (Wildman–Crippen LogP) is 5.88. The topological polar surface area (TPSA) is 88.1 Å². The molecule has 4 aromatic carbocycles. The molecule has 0 saturated carbocycles. The van der Waals surface area contributed by atoms with Crippen LogP contribution in [0.4, 0.5) is 5.69 Å². The van der Waals surface area contributed by atoms with Crippen LogP contribution >= 0.6 is 11.6 Å². The molecule has 200 valence electrons. The van der Waals surface area contributed by atoms with Gasteiger partial charge in [-0.15, -0.1) is 0 Å². The van der Waals surface area contributed by atoms with Gasteiger partial charge in [0.2, 0.25) is 0 Å². The van der Waals surface area contributed by atoms with Gasteiger partial charge in [0, 0.05) is 5.02 Å². The Bertz CT molecular complexity index is 1560. The third-order valence-corrected chi connectivity index (χ3v) is 8.12. The van der Waals surface area contributed by atoms with Crippen molar-refractivity contribution >= 4 is 39.4 Å². The molecule has 1 N–H and O–H groups in total. The van der Waals surface area contributed by atoms with Crippen molar-refractivity contribution in [2.75, 3.05) is 10.8 Å². The molecule has 0 heterocycles. The van der Waals surface area contributed by atoms with Crippen molar-refractivity contribution in [3.63, 3.8) is 0 Å². The monoisotopic (exact) mass is 561 g/mol. The lowest BCUT2D eigenvalue weighted by Gasteiger charge is -2.25. The van der Waals surface area contributed by atoms with Crippen LogP contribution in [0.3, 0.4) is 0 Å². The first kappa shape index (κ1) is 27.9. The molecule has 0 aromatic heterocycles. The van der Waals surface area contributed by atoms with Gasteiger partial charge in [0.15, 0.2) is 0 Å². The van der Waals surface area contributed by atoms with Crippen LogP contribution in [0.2, 0.25) is 5.02 Å². The minimum Gasteiger partial charge on any atom is -0.489 e. The number of benzene rings is 4. The van der Waals surface area contributed by atoms with Crippen molar-refractivity contribution in [1.82, 2.24) is 5.43 Å². The maximum absolute atomic E-state index is 13.5. The highest BCUT2D eigenvalue weighted by molar-refractivity contribution is 7.92. The molecule has 0 atom stereocenters. The first-order valence-corrected chi connectivity index (χ1v) is 14.0. The van der Waals surface area contributed by atoms with E-state index in [4.69, 9.17) is 16.3 Å². The zero-order valence-electron chi connectivity index (χ0n) is 21.5. The number of carbonyl (C=O) groups is 1. The molecule has 0 unspecified atom stereocenters. The molecule has 0 aliphatic rings. The number of hydrazone groups is 1. The van der Waals surface area contributed by atoms with Crippen molar-refractivity contribution in [1.29, 1.82) is 0 Å². The minimum absolute atomic E-state index is 0.0605. The van der Waals surface area contributed by atoms with E-state index in [1.54, 1.807) is 43.3 Å². The van der Waals surface area contributed by atoms with Crippen molar-refractivity contribution in [3.05, 3.63) is 124 Å². The average Bonchev–Trinajstić information content (AvgIpc) is 2.94. The van der Waals surface area contributed by atoms with E-state index in [-0.39, 0.29) is 4.90 Å². The van der Waals surface area contributed by atoms with Gasteiger partial charge < -0.3 is 4.74 Å². The Hall–Kier alpha value is -4.14. The molecular formula is C30H28ClN3O4S. The Morgan fingerprint density at radius 2 is 1.62 bits per heavy atom. The molecule has 1 amide bonds. The van der Waals surface area contributed by atoms with E-state index in [9.17, 15) is 13.2 Å². The van der Waals surface area contributed by atoms with E-state index in [1.165, 1.54) is 23.9 Å². The van der Waals surface area contributed by atoms with E-state index >= 15 is 0 Å². The number of anilines is 1. The van der Waals surface area contributed by atoms with Gasteiger partial charge in [-0.3, -0.25) is 9.10 Å². The van der Waals surface area contributed by atoms with Crippen molar-refractivity contribution < 1.29 is 17.9 Å². The van der Waals surface area contributed by atoms with Gasteiger partial charge >= 0.3 is 0 Å². The number of rotatable bonds is 10. The lowest BCUT2D eigenvalue weighted by Crippen LogP contribution is -2.40. The highest BCUT2D eigenvalue weighted by atomic mass is 35.5. The van der Waals surface area contributed by atoms with Crippen LogP contribution in [-0.4, -0.2) is 27.1 Å². The average molecular weight is 562 g/mol. The van der Waals surface area contributed by atoms with Gasteiger partial charge in [0.25, 0.3) is 15.9 Å². The Kier molecular flexibility index (Phi) is 9.01. The standard InChI is InChI=1S/C30H28ClN3O4S/c1-22-11-13-25(14-12-22)21-38-26-17-15-24(16-18-26)19-32-33-30(35)20-34(29-10-6-9-28(31)23(29)2)39(36,37)27-7-4-3-5-8-27/h3-19H,20-21H2,1-2H3,(H,33,35)/b32-19-. The summed E-state index contributed by atoms with van der Waals surface area (Å²) in [6, 6.07) is 28.2. The van der Waals surface area contributed by atoms with E-state index in [0.717, 1.165) is 15.4 Å². The molecular weight excluding hydrogens is 534 g/mol. The normalized spacial score (nSPS) is 11.4. The van der Waals surface area contributed by atoms with Crippen molar-refractivity contribution in [2.45, 2.75) is 25.3 Å². The van der Waals surface area contributed by atoms with Crippen LogP contribution < -0.4 is 14.5 Å². The third-order valence-electron chi connectivity index (χ3n) is 5.94. The van der Waals surface area contributed by atoms with Crippen LogP contribution in [0.25, 0.3) is 0 Å². The second kappa shape index (κ2) is 12.6. The molecule has 0 saturated heterocycles. The Morgan fingerprint density at radius 1 is 0.923 bits per heavy atom. The van der Waals surface area contributed by atoms with Gasteiger partial charge in [-0.05, 0) is 79.1 Å². The zero-order chi connectivity index (χ0) is 27.8. The quantitative estimate of drug-likeness (QED) is 0.193. The number of nitrogens with one attached hydrogen (secondary N) is 1. The third kappa shape index (κ3) is 7.25. The lowest BCUT2D eigenvalue weighted by atomic mass is 10.2. The van der Waals surface area contributed by atoms with Crippen molar-refractivity contribution in [3.8, 4) is 5.75 Å². The van der Waals surface area contributed by atoms with Gasteiger partial charge in [0.05, 0.1) is 16.8 Å². The second-order valence-electron chi connectivity index (χ2n) is 8.85. The largest absolute Gasteiger partial charge is 0.489 e. The summed E-state index contributed by atoms with van der Waals surface area (Å²) in [4.78, 5) is 12.9. The molecule has 4 aromatic rings. The number of amides is 1. The molecule has 9 heteroatoms. The zero-order valence-corrected chi connectivity index (χ0v) is 23.1. The smallest absolute Gasteiger partial charge is 0.264 e. The molecule has 0 radical (unpaired) electrons. The summed E-state index contributed by atoms with van der Waals surface area (Å²) in [6.45, 7) is 3.71. The number of sulfonamides is 1. The minimum atomic E-state index is -4.05. The Balaban J connectivity index is 1.42. The first-order valence-electron chi connectivity index (χ1n) is 12.2. The Morgan fingerprint density at radius 3 is 2.31 bits per heavy atom. The lowest BCUT2D eigenvalue weighted by molar-refractivity contribution is -0.119. The number of hydrogen-bond donors (Lipinski definition) is 1. The van der Waals surface area contributed by atoms with E-state index in [1.807, 2.05) is 55.5 Å². The number of halogens is 1. The van der Waals surface area contributed by atoms with Crippen LogP contribution in [0, 0.1) is 13.8 Å². The number of ether oxygens (including phenoxy) is 1. The molecule has 0 fully saturated rings. The molecule has 0 aliphatic carbocycles. The van der Waals surface area contributed by atoms with Crippen LogP contribution in [0.1, 0.15) is 22.3 Å². The fourth-order valence-corrected chi connectivity index (χ4v) is 5.40. The number of carbonyl (C=O) groups excluding carboxylic acids is 1. The summed E-state index contributed by atoms with van der Waals surface area (Å²) in [5, 5.41) is 4.40. The van der Waals surface area contributed by atoms with Crippen LogP contribution in [0.15, 0.2) is 107 Å². The first-order chi connectivity index (χ1) is 18.7.